The van der Waals surface area contributed by atoms with Gasteiger partial charge in [-0.2, -0.15) is 13.2 Å². The molecule has 2 rings (SSSR count). The number of carbonyl (C=O) groups excluding carboxylic acids is 1. The highest BCUT2D eigenvalue weighted by Crippen LogP contribution is 2.32. The van der Waals surface area contributed by atoms with Crippen LogP contribution in [-0.2, 0) is 19.3 Å². The number of amides is 2. The van der Waals surface area contributed by atoms with Gasteiger partial charge in [-0.25, -0.2) is 9.78 Å². The molecule has 1 aromatic heterocycles. The predicted octanol–water partition coefficient (Wildman–Crippen LogP) is 3.81. The average Bonchev–Trinajstić information content (AvgIpc) is 2.89. The molecular weight excluding hydrogens is 327 g/mol. The number of nitrogens with one attached hydrogen (secondary N) is 1. The van der Waals surface area contributed by atoms with Crippen LogP contribution in [0.25, 0.3) is 0 Å². The third-order valence-electron chi connectivity index (χ3n) is 3.16. The Labute approximate surface area is 136 Å². The smallest absolute Gasteiger partial charge is 0.332 e. The summed E-state index contributed by atoms with van der Waals surface area (Å²) in [6.45, 7) is 1.97. The molecule has 0 aliphatic rings. The number of rotatable bonds is 4. The van der Waals surface area contributed by atoms with E-state index in [9.17, 15) is 18.0 Å². The number of aromatic nitrogens is 1. The van der Waals surface area contributed by atoms with Gasteiger partial charge >= 0.3 is 12.2 Å². The second-order valence-corrected chi connectivity index (χ2v) is 6.09. The highest BCUT2D eigenvalue weighted by atomic mass is 32.1. The van der Waals surface area contributed by atoms with Crippen molar-refractivity contribution < 1.29 is 18.0 Å². The van der Waals surface area contributed by atoms with Gasteiger partial charge in [-0.15, -0.1) is 11.3 Å². The lowest BCUT2D eigenvalue weighted by Gasteiger charge is -2.20. The Balaban J connectivity index is 1.98. The van der Waals surface area contributed by atoms with Crippen LogP contribution in [0, 0.1) is 6.92 Å². The maximum Gasteiger partial charge on any atom is 0.416 e. The standard InChI is InChI=1S/C15H16F3N3OS/c1-10-20-12(9-23-10)7-19-14(22)21(2)8-11-5-3-4-6-13(11)15(16,17)18/h3-6,9H,7-8H2,1-2H3,(H,19,22). The van der Waals surface area contributed by atoms with E-state index in [4.69, 9.17) is 0 Å². The van der Waals surface area contributed by atoms with Crippen LogP contribution in [0.5, 0.6) is 0 Å². The summed E-state index contributed by atoms with van der Waals surface area (Å²) in [7, 11) is 1.45. The van der Waals surface area contributed by atoms with Gasteiger partial charge in [0.15, 0.2) is 0 Å². The molecular formula is C15H16F3N3OS. The Hall–Kier alpha value is -2.09. The first kappa shape index (κ1) is 17.3. The molecule has 2 amide bonds. The van der Waals surface area contributed by atoms with Crippen molar-refractivity contribution in [1.29, 1.82) is 0 Å². The molecule has 23 heavy (non-hydrogen) atoms. The summed E-state index contributed by atoms with van der Waals surface area (Å²) in [6, 6.07) is 4.79. The van der Waals surface area contributed by atoms with Crippen molar-refractivity contribution in [3.05, 3.63) is 51.5 Å². The zero-order valence-corrected chi connectivity index (χ0v) is 13.5. The molecule has 4 nitrogen and oxygen atoms in total. The first-order chi connectivity index (χ1) is 10.8. The van der Waals surface area contributed by atoms with Crippen molar-refractivity contribution in [3.63, 3.8) is 0 Å². The summed E-state index contributed by atoms with van der Waals surface area (Å²) in [5.74, 6) is 0. The van der Waals surface area contributed by atoms with Gasteiger partial charge in [-0.3, -0.25) is 0 Å². The fourth-order valence-electron chi connectivity index (χ4n) is 2.05. The highest BCUT2D eigenvalue weighted by molar-refractivity contribution is 7.09. The fourth-order valence-corrected chi connectivity index (χ4v) is 2.67. The molecule has 1 heterocycles. The van der Waals surface area contributed by atoms with Crippen LogP contribution in [0.2, 0.25) is 0 Å². The van der Waals surface area contributed by atoms with Gasteiger partial charge in [0.1, 0.15) is 0 Å². The number of alkyl halides is 3. The van der Waals surface area contributed by atoms with Crippen molar-refractivity contribution in [2.24, 2.45) is 0 Å². The van der Waals surface area contributed by atoms with E-state index in [2.05, 4.69) is 10.3 Å². The van der Waals surface area contributed by atoms with Crippen molar-refractivity contribution in [3.8, 4) is 0 Å². The Kier molecular flexibility index (Phi) is 5.25. The molecule has 0 aliphatic heterocycles. The monoisotopic (exact) mass is 343 g/mol. The molecule has 0 saturated carbocycles. The zero-order valence-electron chi connectivity index (χ0n) is 12.6. The van der Waals surface area contributed by atoms with E-state index in [1.165, 1.54) is 41.5 Å². The lowest BCUT2D eigenvalue weighted by Crippen LogP contribution is -2.36. The Morgan fingerprint density at radius 1 is 1.35 bits per heavy atom. The average molecular weight is 343 g/mol. The lowest BCUT2D eigenvalue weighted by molar-refractivity contribution is -0.138. The number of aryl methyl sites for hydroxylation is 1. The van der Waals surface area contributed by atoms with E-state index >= 15 is 0 Å². The van der Waals surface area contributed by atoms with Crippen LogP contribution < -0.4 is 5.32 Å². The van der Waals surface area contributed by atoms with E-state index in [1.807, 2.05) is 12.3 Å². The largest absolute Gasteiger partial charge is 0.416 e. The molecule has 0 atom stereocenters. The van der Waals surface area contributed by atoms with Crippen LogP contribution in [0.4, 0.5) is 18.0 Å². The number of halogens is 3. The molecule has 0 unspecified atom stereocenters. The topological polar surface area (TPSA) is 45.2 Å². The van der Waals surface area contributed by atoms with Gasteiger partial charge in [0.25, 0.3) is 0 Å². The van der Waals surface area contributed by atoms with E-state index in [-0.39, 0.29) is 18.7 Å². The number of hydrogen-bond acceptors (Lipinski definition) is 3. The first-order valence-electron chi connectivity index (χ1n) is 6.82. The summed E-state index contributed by atoms with van der Waals surface area (Å²) in [6.07, 6.45) is -4.44. The minimum Gasteiger partial charge on any atom is -0.332 e. The van der Waals surface area contributed by atoms with E-state index in [1.54, 1.807) is 0 Å². The minimum absolute atomic E-state index is 0.0575. The zero-order chi connectivity index (χ0) is 17.0. The van der Waals surface area contributed by atoms with Gasteiger partial charge in [0.2, 0.25) is 0 Å². The minimum atomic E-state index is -4.44. The van der Waals surface area contributed by atoms with E-state index in [0.29, 0.717) is 0 Å². The van der Waals surface area contributed by atoms with Gasteiger partial charge in [-0.1, -0.05) is 18.2 Å². The van der Waals surface area contributed by atoms with Crippen LogP contribution >= 0.6 is 11.3 Å². The first-order valence-corrected chi connectivity index (χ1v) is 7.70. The summed E-state index contributed by atoms with van der Waals surface area (Å²) in [5, 5.41) is 5.36. The van der Waals surface area contributed by atoms with E-state index in [0.717, 1.165) is 16.8 Å². The van der Waals surface area contributed by atoms with Crippen LogP contribution in [0.1, 0.15) is 21.8 Å². The van der Waals surface area contributed by atoms with E-state index < -0.39 is 17.8 Å². The highest BCUT2D eigenvalue weighted by Gasteiger charge is 2.33. The van der Waals surface area contributed by atoms with Crippen molar-refractivity contribution in [2.75, 3.05) is 7.05 Å². The molecule has 0 aliphatic carbocycles. The van der Waals surface area contributed by atoms with Gasteiger partial charge in [0, 0.05) is 19.0 Å². The van der Waals surface area contributed by atoms with Crippen LogP contribution in [-0.4, -0.2) is 23.0 Å². The molecule has 8 heteroatoms. The van der Waals surface area contributed by atoms with Crippen LogP contribution in [0.15, 0.2) is 29.6 Å². The quantitative estimate of drug-likeness (QED) is 0.917. The molecule has 2 aromatic rings. The molecule has 1 aromatic carbocycles. The lowest BCUT2D eigenvalue weighted by atomic mass is 10.1. The van der Waals surface area contributed by atoms with Gasteiger partial charge in [-0.05, 0) is 18.6 Å². The Morgan fingerprint density at radius 3 is 2.65 bits per heavy atom. The number of thiazole rings is 1. The predicted molar refractivity (Wildman–Crippen MR) is 82.0 cm³/mol. The molecule has 124 valence electrons. The van der Waals surface area contributed by atoms with Crippen molar-refractivity contribution >= 4 is 17.4 Å². The van der Waals surface area contributed by atoms with Gasteiger partial charge in [0.05, 0.1) is 22.8 Å². The number of nitrogens with zero attached hydrogens (tertiary/aromatic N) is 2. The molecule has 0 spiro atoms. The molecule has 0 saturated heterocycles. The van der Waals surface area contributed by atoms with Crippen LogP contribution in [0.3, 0.4) is 0 Å². The third kappa shape index (κ3) is 4.69. The molecule has 0 fully saturated rings. The maximum absolute atomic E-state index is 12.9. The maximum atomic E-state index is 12.9. The number of urea groups is 1. The molecule has 0 bridgehead atoms. The second-order valence-electron chi connectivity index (χ2n) is 5.03. The van der Waals surface area contributed by atoms with Crippen molar-refractivity contribution in [1.82, 2.24) is 15.2 Å². The van der Waals surface area contributed by atoms with Crippen molar-refractivity contribution in [2.45, 2.75) is 26.2 Å². The molecule has 1 N–H and O–H groups in total. The Morgan fingerprint density at radius 2 is 2.04 bits per heavy atom. The number of hydrogen-bond donors (Lipinski definition) is 1. The molecule has 0 radical (unpaired) electrons. The fraction of sp³-hybridized carbons (Fsp3) is 0.333. The summed E-state index contributed by atoms with van der Waals surface area (Å²) in [5.41, 5.74) is 0.0573. The normalized spacial score (nSPS) is 11.3. The number of carbonyl (C=O) groups is 1. The third-order valence-corrected chi connectivity index (χ3v) is 3.99. The van der Waals surface area contributed by atoms with Gasteiger partial charge < -0.3 is 10.2 Å². The summed E-state index contributed by atoms with van der Waals surface area (Å²) in [4.78, 5) is 17.4. The SMILES string of the molecule is Cc1nc(CNC(=O)N(C)Cc2ccccc2C(F)(F)F)cs1. The Bertz CT molecular complexity index is 685. The second kappa shape index (κ2) is 6.99. The summed E-state index contributed by atoms with van der Waals surface area (Å²) < 4.78 is 38.8. The summed E-state index contributed by atoms with van der Waals surface area (Å²) >= 11 is 1.47. The number of benzene rings is 1.